The molecule has 210 valence electrons. The first-order chi connectivity index (χ1) is 18.8. The van der Waals surface area contributed by atoms with Crippen LogP contribution in [-0.2, 0) is 11.1 Å². The molecule has 1 amide bonds. The number of amides is 1. The van der Waals surface area contributed by atoms with Crippen LogP contribution in [0.3, 0.4) is 0 Å². The van der Waals surface area contributed by atoms with Crippen molar-refractivity contribution in [1.82, 2.24) is 10.3 Å². The summed E-state index contributed by atoms with van der Waals surface area (Å²) < 4.78 is 67.7. The van der Waals surface area contributed by atoms with Crippen molar-refractivity contribution >= 4 is 5.91 Å². The van der Waals surface area contributed by atoms with Gasteiger partial charge in [0.25, 0.3) is 5.91 Å². The molecule has 2 atom stereocenters. The summed E-state index contributed by atoms with van der Waals surface area (Å²) in [4.78, 5) is 16.9. The van der Waals surface area contributed by atoms with Gasteiger partial charge in [0.1, 0.15) is 30.5 Å². The van der Waals surface area contributed by atoms with Crippen molar-refractivity contribution in [2.24, 2.45) is 5.73 Å². The number of carbonyl (C=O) groups is 1. The van der Waals surface area contributed by atoms with Crippen LogP contribution >= 0.6 is 0 Å². The van der Waals surface area contributed by atoms with Crippen LogP contribution in [0.15, 0.2) is 48.5 Å². The number of halogens is 4. The summed E-state index contributed by atoms with van der Waals surface area (Å²) in [5.41, 5.74) is 1.21. The molecule has 0 saturated heterocycles. The van der Waals surface area contributed by atoms with Crippen LogP contribution in [0.25, 0.3) is 11.3 Å². The molecule has 1 aliphatic heterocycles. The molecule has 0 aliphatic carbocycles. The lowest BCUT2D eigenvalue weighted by atomic mass is 9.89. The minimum atomic E-state index is -5.28. The number of hydrogen-bond acceptors (Lipinski definition) is 7. The molecule has 4 rings (SSSR count). The maximum absolute atomic E-state index is 14.5. The van der Waals surface area contributed by atoms with Crippen LogP contribution in [0.5, 0.6) is 11.5 Å². The molecular weight excluding hydrogens is 534 g/mol. The van der Waals surface area contributed by atoms with Gasteiger partial charge >= 0.3 is 6.18 Å². The summed E-state index contributed by atoms with van der Waals surface area (Å²) in [6.45, 7) is -0.215. The van der Waals surface area contributed by atoms with E-state index in [0.29, 0.717) is 5.56 Å². The van der Waals surface area contributed by atoms with Crippen LogP contribution in [-0.4, -0.2) is 54.1 Å². The van der Waals surface area contributed by atoms with E-state index in [1.165, 1.54) is 37.4 Å². The second-order valence-electron chi connectivity index (χ2n) is 9.36. The Morgan fingerprint density at radius 1 is 1.23 bits per heavy atom. The lowest BCUT2D eigenvalue weighted by Crippen LogP contribution is -2.51. The van der Waals surface area contributed by atoms with Gasteiger partial charge in [-0.25, -0.2) is 9.37 Å². The van der Waals surface area contributed by atoms with Gasteiger partial charge in [0, 0.05) is 16.7 Å². The zero-order chi connectivity index (χ0) is 29.3. The average Bonchev–Trinajstić information content (AvgIpc) is 3.23. The third kappa shape index (κ3) is 5.44. The number of nitrogens with two attached hydrogens (primary N) is 1. The summed E-state index contributed by atoms with van der Waals surface area (Å²) in [7, 11) is 1.32. The molecule has 0 saturated carbocycles. The van der Waals surface area contributed by atoms with Gasteiger partial charge in [0.05, 0.1) is 30.5 Å². The molecule has 0 radical (unpaired) electrons. The van der Waals surface area contributed by atoms with Crippen molar-refractivity contribution in [1.29, 1.82) is 0 Å². The number of benzene rings is 2. The second kappa shape index (κ2) is 10.8. The van der Waals surface area contributed by atoms with E-state index in [1.54, 1.807) is 6.92 Å². The number of pyridine rings is 1. The molecular formula is C28H25F4N3O5. The Labute approximate surface area is 226 Å². The van der Waals surface area contributed by atoms with E-state index < -0.39 is 47.9 Å². The number of carbonyl (C=O) groups excluding carboxylic acids is 1. The quantitative estimate of drug-likeness (QED) is 0.270. The maximum Gasteiger partial charge on any atom is 0.424 e. The molecule has 0 bridgehead atoms. The van der Waals surface area contributed by atoms with Gasteiger partial charge < -0.3 is 30.7 Å². The zero-order valence-corrected chi connectivity index (χ0v) is 21.4. The van der Waals surface area contributed by atoms with E-state index in [1.807, 2.05) is 0 Å². The van der Waals surface area contributed by atoms with Crippen molar-refractivity contribution in [3.63, 3.8) is 0 Å². The van der Waals surface area contributed by atoms with E-state index in [4.69, 9.17) is 20.3 Å². The van der Waals surface area contributed by atoms with Crippen molar-refractivity contribution in [2.75, 3.05) is 26.9 Å². The number of alkyl halides is 3. The van der Waals surface area contributed by atoms with Crippen LogP contribution in [0.1, 0.15) is 34.1 Å². The fraction of sp³-hybridized carbons (Fsp3) is 0.286. The normalized spacial score (nSPS) is 17.6. The monoisotopic (exact) mass is 559 g/mol. The van der Waals surface area contributed by atoms with Gasteiger partial charge in [-0.2, -0.15) is 13.2 Å². The summed E-state index contributed by atoms with van der Waals surface area (Å²) in [6, 6.07) is 9.83. The summed E-state index contributed by atoms with van der Waals surface area (Å²) in [6.07, 6.45) is -5.28. The minimum absolute atomic E-state index is 0.0622. The van der Waals surface area contributed by atoms with Crippen LogP contribution in [0.4, 0.5) is 17.6 Å². The Balaban J connectivity index is 1.73. The van der Waals surface area contributed by atoms with E-state index >= 15 is 0 Å². The number of aromatic nitrogens is 1. The number of aliphatic hydroxyl groups excluding tert-OH is 1. The van der Waals surface area contributed by atoms with E-state index in [-0.39, 0.29) is 40.5 Å². The van der Waals surface area contributed by atoms with Crippen molar-refractivity contribution in [2.45, 2.75) is 24.2 Å². The first kappa shape index (κ1) is 28.8. The predicted molar refractivity (Wildman–Crippen MR) is 136 cm³/mol. The average molecular weight is 560 g/mol. The Bertz CT molecular complexity index is 1500. The molecule has 12 heteroatoms. The topological polar surface area (TPSA) is 127 Å². The molecule has 0 spiro atoms. The third-order valence-electron chi connectivity index (χ3n) is 6.39. The molecule has 0 fully saturated rings. The standard InChI is InChI=1S/C28H25F4N3O5/c1-26(33)15-40-24-20(26)13-22(35-23(24)17-7-9-19(29)10-8-17)27(38,28(30,31)32)14-34-25(37)18-6-5-16(4-3-11-36)21(12-18)39-2/h5-10,12-13,36,38H,11,14-15,33H2,1-2H3,(H,34,37). The van der Waals surface area contributed by atoms with Crippen LogP contribution in [0, 0.1) is 17.7 Å². The highest BCUT2D eigenvalue weighted by molar-refractivity contribution is 5.95. The Morgan fingerprint density at radius 3 is 2.55 bits per heavy atom. The number of ether oxygens (including phenoxy) is 2. The molecule has 8 nitrogen and oxygen atoms in total. The fourth-order valence-corrected chi connectivity index (χ4v) is 4.14. The predicted octanol–water partition coefficient (Wildman–Crippen LogP) is 2.99. The number of fused-ring (bicyclic) bond motifs is 1. The first-order valence-electron chi connectivity index (χ1n) is 11.9. The van der Waals surface area contributed by atoms with Crippen molar-refractivity contribution < 1.29 is 42.0 Å². The fourth-order valence-electron chi connectivity index (χ4n) is 4.14. The van der Waals surface area contributed by atoms with Gasteiger partial charge in [-0.1, -0.05) is 11.8 Å². The number of rotatable bonds is 6. The van der Waals surface area contributed by atoms with Gasteiger partial charge in [0.15, 0.2) is 5.75 Å². The van der Waals surface area contributed by atoms with Crippen molar-refractivity contribution in [3.8, 4) is 34.6 Å². The highest BCUT2D eigenvalue weighted by Crippen LogP contribution is 2.46. The Hall–Kier alpha value is -4.18. The first-order valence-corrected chi connectivity index (χ1v) is 11.9. The van der Waals surface area contributed by atoms with Gasteiger partial charge in [0.2, 0.25) is 5.60 Å². The van der Waals surface area contributed by atoms with E-state index in [9.17, 15) is 27.5 Å². The van der Waals surface area contributed by atoms with Crippen molar-refractivity contribution in [3.05, 3.63) is 76.7 Å². The Morgan fingerprint density at radius 2 is 1.93 bits per heavy atom. The third-order valence-corrected chi connectivity index (χ3v) is 6.39. The number of nitrogens with one attached hydrogen (secondary N) is 1. The molecule has 2 unspecified atom stereocenters. The summed E-state index contributed by atoms with van der Waals surface area (Å²) in [5.74, 6) is 3.84. The SMILES string of the molecule is COc1cc(C(=O)NCC(O)(c2cc3c(c(-c4ccc(F)cc4)n2)OCC3(C)N)C(F)(F)F)ccc1C#CCO. The van der Waals surface area contributed by atoms with E-state index in [2.05, 4.69) is 22.1 Å². The molecule has 1 aliphatic rings. The molecule has 3 aromatic rings. The Kier molecular flexibility index (Phi) is 7.76. The van der Waals surface area contributed by atoms with Gasteiger partial charge in [-0.15, -0.1) is 0 Å². The lowest BCUT2D eigenvalue weighted by molar-refractivity contribution is -0.265. The molecule has 40 heavy (non-hydrogen) atoms. The number of nitrogens with zero attached hydrogens (tertiary/aromatic N) is 1. The van der Waals surface area contributed by atoms with Gasteiger partial charge in [-0.05, 0) is 55.5 Å². The maximum atomic E-state index is 14.5. The van der Waals surface area contributed by atoms with Crippen LogP contribution in [0.2, 0.25) is 0 Å². The van der Waals surface area contributed by atoms with E-state index in [0.717, 1.165) is 18.2 Å². The smallest absolute Gasteiger partial charge is 0.424 e. The molecule has 2 aromatic carbocycles. The zero-order valence-electron chi connectivity index (χ0n) is 21.4. The molecule has 5 N–H and O–H groups in total. The lowest BCUT2D eigenvalue weighted by Gasteiger charge is -2.31. The summed E-state index contributed by atoms with van der Waals surface area (Å²) in [5, 5.41) is 22.1. The molecule has 2 heterocycles. The summed E-state index contributed by atoms with van der Waals surface area (Å²) >= 11 is 0. The number of hydrogen-bond donors (Lipinski definition) is 4. The second-order valence-corrected chi connectivity index (χ2v) is 9.36. The minimum Gasteiger partial charge on any atom is -0.495 e. The molecule has 1 aromatic heterocycles. The highest BCUT2D eigenvalue weighted by Gasteiger charge is 2.57. The highest BCUT2D eigenvalue weighted by atomic mass is 19.4. The van der Waals surface area contributed by atoms with Crippen LogP contribution < -0.4 is 20.5 Å². The van der Waals surface area contributed by atoms with Gasteiger partial charge in [-0.3, -0.25) is 4.79 Å². The largest absolute Gasteiger partial charge is 0.495 e. The number of aliphatic hydroxyl groups is 2. The number of methoxy groups -OCH3 is 1.